The maximum atomic E-state index is 7.14. The molecule has 0 saturated heterocycles. The summed E-state index contributed by atoms with van der Waals surface area (Å²) in [5, 5.41) is 5.28. The summed E-state index contributed by atoms with van der Waals surface area (Å²) in [6.07, 6.45) is 10.8. The van der Waals surface area contributed by atoms with Crippen LogP contribution in [-0.4, -0.2) is 0 Å². The second-order valence-corrected chi connectivity index (χ2v) is 14.0. The van der Waals surface area contributed by atoms with Gasteiger partial charge < -0.3 is 4.74 Å². The van der Waals surface area contributed by atoms with Gasteiger partial charge in [-0.15, -0.1) is 0 Å². The van der Waals surface area contributed by atoms with Gasteiger partial charge in [0.15, 0.2) is 6.20 Å². The summed E-state index contributed by atoms with van der Waals surface area (Å²) in [5.74, 6) is 4.95. The Balaban J connectivity index is 1.43. The lowest BCUT2D eigenvalue weighted by molar-refractivity contribution is -0.659. The Morgan fingerprint density at radius 2 is 1.54 bits per heavy atom. The van der Waals surface area contributed by atoms with Crippen molar-refractivity contribution in [3.05, 3.63) is 65.4 Å². The molecule has 9 rings (SSSR count). The predicted octanol–water partition coefficient (Wildman–Crippen LogP) is 8.66. The number of rotatable bonds is 1. The van der Waals surface area contributed by atoms with Crippen molar-refractivity contribution < 1.29 is 9.30 Å². The van der Waals surface area contributed by atoms with Crippen LogP contribution in [0.5, 0.6) is 11.5 Å². The van der Waals surface area contributed by atoms with E-state index in [1.165, 1.54) is 82.5 Å². The largest absolute Gasteiger partial charge is 0.455 e. The zero-order valence-corrected chi connectivity index (χ0v) is 22.9. The van der Waals surface area contributed by atoms with E-state index in [0.29, 0.717) is 5.41 Å². The van der Waals surface area contributed by atoms with Crippen LogP contribution in [0, 0.1) is 24.7 Å². The number of pyridine rings is 1. The van der Waals surface area contributed by atoms with Gasteiger partial charge in [0, 0.05) is 11.6 Å². The molecule has 0 spiro atoms. The summed E-state index contributed by atoms with van der Waals surface area (Å²) in [4.78, 5) is 0. The first-order valence-corrected chi connectivity index (χ1v) is 14.4. The molecule has 4 aliphatic carbocycles. The van der Waals surface area contributed by atoms with E-state index in [4.69, 9.17) is 4.74 Å². The monoisotopic (exact) mass is 488 g/mol. The van der Waals surface area contributed by atoms with Gasteiger partial charge in [-0.2, -0.15) is 0 Å². The van der Waals surface area contributed by atoms with Crippen LogP contribution in [0.2, 0.25) is 0 Å². The first-order chi connectivity index (χ1) is 17.7. The highest BCUT2D eigenvalue weighted by Gasteiger charge is 2.52. The number of benzene rings is 3. The fourth-order valence-electron chi connectivity index (χ4n) is 9.44. The zero-order valence-electron chi connectivity index (χ0n) is 22.9. The highest BCUT2D eigenvalue weighted by molar-refractivity contribution is 6.07. The highest BCUT2D eigenvalue weighted by Crippen LogP contribution is 2.62. The molecule has 4 saturated carbocycles. The van der Waals surface area contributed by atoms with Crippen molar-refractivity contribution in [3.8, 4) is 22.8 Å². The molecule has 0 atom stereocenters. The van der Waals surface area contributed by atoms with E-state index >= 15 is 0 Å². The molecule has 0 unspecified atom stereocenters. The van der Waals surface area contributed by atoms with Crippen LogP contribution in [-0.2, 0) is 17.9 Å². The van der Waals surface area contributed by atoms with Gasteiger partial charge in [-0.1, -0.05) is 45.0 Å². The first kappa shape index (κ1) is 22.1. The molecule has 4 fully saturated rings. The molecule has 1 aliphatic heterocycles. The summed E-state index contributed by atoms with van der Waals surface area (Å²) in [5.41, 5.74) is 7.08. The van der Waals surface area contributed by atoms with Crippen molar-refractivity contribution in [1.29, 1.82) is 0 Å². The maximum absolute atomic E-state index is 7.14. The Bertz CT molecular complexity index is 1600. The topological polar surface area (TPSA) is 13.1 Å². The molecule has 0 amide bonds. The summed E-state index contributed by atoms with van der Waals surface area (Å²) in [6, 6.07) is 16.3. The first-order valence-electron chi connectivity index (χ1n) is 14.4. The molecule has 1 aromatic heterocycles. The summed E-state index contributed by atoms with van der Waals surface area (Å²) < 4.78 is 9.47. The third kappa shape index (κ3) is 2.96. The number of ether oxygens (including phenoxy) is 1. The van der Waals surface area contributed by atoms with E-state index in [2.05, 4.69) is 88.0 Å². The van der Waals surface area contributed by atoms with Crippen LogP contribution in [0.25, 0.3) is 32.8 Å². The van der Waals surface area contributed by atoms with Gasteiger partial charge in [-0.3, -0.25) is 0 Å². The minimum atomic E-state index is -0.0428. The molecule has 2 nitrogen and oxygen atoms in total. The van der Waals surface area contributed by atoms with Gasteiger partial charge in [-0.05, 0) is 113 Å². The summed E-state index contributed by atoms with van der Waals surface area (Å²) in [6.45, 7) is 9.27. The van der Waals surface area contributed by atoms with E-state index in [0.717, 1.165) is 29.3 Å². The molecule has 37 heavy (non-hydrogen) atoms. The number of hydrogen-bond acceptors (Lipinski definition) is 1. The van der Waals surface area contributed by atoms with Crippen LogP contribution in [0.4, 0.5) is 0 Å². The number of fused-ring (bicyclic) bond motifs is 3. The van der Waals surface area contributed by atoms with Crippen LogP contribution >= 0.6 is 0 Å². The summed E-state index contributed by atoms with van der Waals surface area (Å²) in [7, 11) is 2.20. The smallest absolute Gasteiger partial charge is 0.228 e. The van der Waals surface area contributed by atoms with E-state index in [1.807, 2.05) is 0 Å². The molecule has 3 aromatic carbocycles. The Kier molecular flexibility index (Phi) is 4.28. The summed E-state index contributed by atoms with van der Waals surface area (Å²) >= 11 is 0. The van der Waals surface area contributed by atoms with Gasteiger partial charge in [-0.25, -0.2) is 4.57 Å². The van der Waals surface area contributed by atoms with Crippen LogP contribution in [0.15, 0.2) is 48.7 Å². The van der Waals surface area contributed by atoms with Gasteiger partial charge in [0.1, 0.15) is 18.5 Å². The average Bonchev–Trinajstić information content (AvgIpc) is 2.84. The minimum absolute atomic E-state index is 0.0428. The molecular weight excluding hydrogens is 450 g/mol. The molecule has 4 bridgehead atoms. The van der Waals surface area contributed by atoms with Crippen LogP contribution in [0.3, 0.4) is 0 Å². The SMILES string of the molecule is Cc1c2c(c(C(C)(C)C)c3ccccc13)Oc1cc(C34CC5CC(CC(C5)C3)C4)cc3cc[n+](C)c-2c13. The molecule has 4 aromatic rings. The third-order valence-corrected chi connectivity index (χ3v) is 10.5. The van der Waals surface area contributed by atoms with Crippen molar-refractivity contribution >= 4 is 21.5 Å². The fourth-order valence-corrected chi connectivity index (χ4v) is 9.44. The Labute approximate surface area is 220 Å². The fraction of sp³-hybridized carbons (Fsp3) is 0.457. The molecule has 2 heteroatoms. The molecular formula is C35H38NO+. The highest BCUT2D eigenvalue weighted by atomic mass is 16.5. The second-order valence-electron chi connectivity index (χ2n) is 14.0. The van der Waals surface area contributed by atoms with Gasteiger partial charge in [0.2, 0.25) is 5.69 Å². The standard InChI is InChI=1S/C35H38NO/c1-20-26-8-6-7-9-27(26)31(34(2,3)4)33-29(20)32-30-24(10-11-36(32)5)15-25(16-28(30)37-33)35-17-21-12-22(18-35)14-23(13-21)19-35/h6-11,15-16,21-23H,12-14,17-19H2,1-5H3/q+1. The number of nitrogens with zero attached hydrogens (tertiary/aromatic N) is 1. The van der Waals surface area contributed by atoms with Crippen LogP contribution < -0.4 is 9.30 Å². The lowest BCUT2D eigenvalue weighted by Gasteiger charge is -2.57. The molecule has 0 radical (unpaired) electrons. The van der Waals surface area contributed by atoms with Crippen molar-refractivity contribution in [2.75, 3.05) is 0 Å². The Morgan fingerprint density at radius 3 is 2.19 bits per heavy atom. The number of hydrogen-bond donors (Lipinski definition) is 0. The maximum Gasteiger partial charge on any atom is 0.228 e. The number of aryl methyl sites for hydroxylation is 2. The molecule has 5 aliphatic rings. The molecule has 2 heterocycles. The normalized spacial score (nSPS) is 27.5. The lowest BCUT2D eigenvalue weighted by Crippen LogP contribution is -2.48. The minimum Gasteiger partial charge on any atom is -0.455 e. The Morgan fingerprint density at radius 1 is 0.892 bits per heavy atom. The van der Waals surface area contributed by atoms with E-state index in [1.54, 1.807) is 5.56 Å². The van der Waals surface area contributed by atoms with E-state index in [9.17, 15) is 0 Å². The van der Waals surface area contributed by atoms with Gasteiger partial charge in [0.05, 0.1) is 10.9 Å². The van der Waals surface area contributed by atoms with E-state index in [-0.39, 0.29) is 5.41 Å². The average molecular weight is 489 g/mol. The van der Waals surface area contributed by atoms with Crippen molar-refractivity contribution in [2.24, 2.45) is 24.8 Å². The predicted molar refractivity (Wildman–Crippen MR) is 151 cm³/mol. The lowest BCUT2D eigenvalue weighted by atomic mass is 9.48. The zero-order chi connectivity index (χ0) is 25.3. The van der Waals surface area contributed by atoms with Gasteiger partial charge in [0.25, 0.3) is 0 Å². The quantitative estimate of drug-likeness (QED) is 0.215. The third-order valence-electron chi connectivity index (χ3n) is 10.5. The second kappa shape index (κ2) is 7.16. The van der Waals surface area contributed by atoms with Crippen molar-refractivity contribution in [2.45, 2.75) is 77.0 Å². The van der Waals surface area contributed by atoms with Crippen molar-refractivity contribution in [3.63, 3.8) is 0 Å². The molecule has 188 valence electrons. The van der Waals surface area contributed by atoms with Gasteiger partial charge >= 0.3 is 0 Å². The van der Waals surface area contributed by atoms with Crippen molar-refractivity contribution in [1.82, 2.24) is 0 Å². The number of aromatic nitrogens is 1. The molecule has 0 N–H and O–H groups in total. The van der Waals surface area contributed by atoms with Crippen LogP contribution in [0.1, 0.15) is 76.0 Å². The Hall–Kier alpha value is -2.87. The van der Waals surface area contributed by atoms with E-state index < -0.39 is 0 Å².